The van der Waals surface area contributed by atoms with E-state index in [4.69, 9.17) is 4.74 Å². The maximum Gasteiger partial charge on any atom is 0.257 e. The molecule has 0 atom stereocenters. The number of thiazole rings is 1. The van der Waals surface area contributed by atoms with Gasteiger partial charge in [-0.15, -0.1) is 11.3 Å². The van der Waals surface area contributed by atoms with Gasteiger partial charge in [0.1, 0.15) is 16.5 Å². The Hall–Kier alpha value is -3.25. The van der Waals surface area contributed by atoms with Crippen LogP contribution in [0.2, 0.25) is 0 Å². The Labute approximate surface area is 154 Å². The van der Waals surface area contributed by atoms with Crippen molar-refractivity contribution < 1.29 is 9.53 Å². The number of hydrogen-bond acceptors (Lipinski definition) is 5. The molecule has 0 unspecified atom stereocenters. The van der Waals surface area contributed by atoms with Gasteiger partial charge in [0, 0.05) is 11.9 Å². The number of pyridine rings is 1. The van der Waals surface area contributed by atoms with Gasteiger partial charge in [0.15, 0.2) is 0 Å². The minimum Gasteiger partial charge on any atom is -0.497 e. The largest absolute Gasteiger partial charge is 0.497 e. The molecular formula is C20H15N3O2S. The van der Waals surface area contributed by atoms with Crippen LogP contribution in [-0.2, 0) is 0 Å². The first-order valence-corrected chi connectivity index (χ1v) is 8.82. The Kier molecular flexibility index (Phi) is 4.33. The van der Waals surface area contributed by atoms with Crippen molar-refractivity contribution in [2.45, 2.75) is 0 Å². The van der Waals surface area contributed by atoms with Crippen molar-refractivity contribution in [2.24, 2.45) is 0 Å². The molecule has 0 spiro atoms. The van der Waals surface area contributed by atoms with Crippen LogP contribution >= 0.6 is 11.3 Å². The van der Waals surface area contributed by atoms with Gasteiger partial charge in [-0.3, -0.25) is 9.78 Å². The van der Waals surface area contributed by atoms with E-state index in [-0.39, 0.29) is 5.91 Å². The second kappa shape index (κ2) is 6.93. The monoisotopic (exact) mass is 361 g/mol. The molecular weight excluding hydrogens is 346 g/mol. The van der Waals surface area contributed by atoms with E-state index < -0.39 is 0 Å². The number of nitrogens with zero attached hydrogens (tertiary/aromatic N) is 2. The van der Waals surface area contributed by atoms with Crippen LogP contribution < -0.4 is 10.1 Å². The number of anilines is 1. The van der Waals surface area contributed by atoms with Gasteiger partial charge in [0.05, 0.1) is 22.9 Å². The van der Waals surface area contributed by atoms with Crippen LogP contribution in [0.5, 0.6) is 5.75 Å². The summed E-state index contributed by atoms with van der Waals surface area (Å²) in [6, 6.07) is 18.6. The Morgan fingerprint density at radius 3 is 2.62 bits per heavy atom. The number of fused-ring (bicyclic) bond motifs is 1. The van der Waals surface area contributed by atoms with E-state index in [2.05, 4.69) is 15.3 Å². The third-order valence-electron chi connectivity index (χ3n) is 3.90. The smallest absolute Gasteiger partial charge is 0.257 e. The second-order valence-electron chi connectivity index (χ2n) is 5.57. The molecule has 6 heteroatoms. The van der Waals surface area contributed by atoms with Gasteiger partial charge in [0.25, 0.3) is 5.91 Å². The molecule has 0 radical (unpaired) electrons. The average Bonchev–Trinajstić information content (AvgIpc) is 3.12. The summed E-state index contributed by atoms with van der Waals surface area (Å²) in [5.74, 6) is 0.511. The zero-order chi connectivity index (χ0) is 17.9. The third-order valence-corrected chi connectivity index (χ3v) is 4.94. The number of nitrogens with one attached hydrogen (secondary N) is 1. The van der Waals surface area contributed by atoms with Gasteiger partial charge in [-0.2, -0.15) is 0 Å². The van der Waals surface area contributed by atoms with Gasteiger partial charge in [0.2, 0.25) is 0 Å². The molecule has 128 valence electrons. The van der Waals surface area contributed by atoms with E-state index in [1.165, 1.54) is 11.3 Å². The van der Waals surface area contributed by atoms with E-state index in [0.29, 0.717) is 16.9 Å². The number of amides is 1. The first-order valence-electron chi connectivity index (χ1n) is 8.01. The number of carbonyl (C=O) groups is 1. The van der Waals surface area contributed by atoms with Gasteiger partial charge < -0.3 is 10.1 Å². The molecule has 0 saturated heterocycles. The molecule has 0 saturated carbocycles. The molecule has 1 N–H and O–H groups in total. The summed E-state index contributed by atoms with van der Waals surface area (Å²) in [5, 5.41) is 3.62. The number of para-hydroxylation sites is 1. The van der Waals surface area contributed by atoms with Crippen LogP contribution in [0.4, 0.5) is 5.69 Å². The molecule has 4 aromatic rings. The van der Waals surface area contributed by atoms with Crippen molar-refractivity contribution in [1.82, 2.24) is 9.97 Å². The number of rotatable bonds is 4. The van der Waals surface area contributed by atoms with Crippen molar-refractivity contribution in [1.29, 1.82) is 0 Å². The molecule has 0 bridgehead atoms. The van der Waals surface area contributed by atoms with Crippen LogP contribution in [0.25, 0.3) is 20.9 Å². The number of methoxy groups -OCH3 is 1. The standard InChI is InChI=1S/C20H15N3O2S/c1-25-14-10-8-13(9-11-14)22-19(24)15-5-4-12-21-18(15)20-23-16-6-2-3-7-17(16)26-20/h2-12H,1H3,(H,22,24). The highest BCUT2D eigenvalue weighted by atomic mass is 32.1. The van der Waals surface area contributed by atoms with Gasteiger partial charge >= 0.3 is 0 Å². The zero-order valence-corrected chi connectivity index (χ0v) is 14.8. The summed E-state index contributed by atoms with van der Waals surface area (Å²) in [7, 11) is 1.60. The van der Waals surface area contributed by atoms with Crippen LogP contribution in [0.1, 0.15) is 10.4 Å². The van der Waals surface area contributed by atoms with Crippen LogP contribution in [0.3, 0.4) is 0 Å². The molecule has 26 heavy (non-hydrogen) atoms. The number of benzene rings is 2. The highest BCUT2D eigenvalue weighted by Gasteiger charge is 2.17. The van der Waals surface area contributed by atoms with Gasteiger partial charge in [-0.1, -0.05) is 12.1 Å². The summed E-state index contributed by atoms with van der Waals surface area (Å²) >= 11 is 1.52. The lowest BCUT2D eigenvalue weighted by Crippen LogP contribution is -2.13. The Morgan fingerprint density at radius 2 is 1.85 bits per heavy atom. The minimum atomic E-state index is -0.225. The van der Waals surface area contributed by atoms with Gasteiger partial charge in [-0.05, 0) is 48.5 Å². The summed E-state index contributed by atoms with van der Waals surface area (Å²) in [6.07, 6.45) is 1.67. The normalized spacial score (nSPS) is 10.7. The summed E-state index contributed by atoms with van der Waals surface area (Å²) in [4.78, 5) is 21.8. The predicted molar refractivity (Wildman–Crippen MR) is 104 cm³/mol. The molecule has 2 heterocycles. The molecule has 2 aromatic heterocycles. The molecule has 1 amide bonds. The number of ether oxygens (including phenoxy) is 1. The van der Waals surface area contributed by atoms with E-state index in [1.807, 2.05) is 24.3 Å². The van der Waals surface area contributed by atoms with E-state index in [1.54, 1.807) is 49.7 Å². The molecule has 0 aliphatic carbocycles. The third kappa shape index (κ3) is 3.14. The molecule has 0 fully saturated rings. The van der Waals surface area contributed by atoms with Crippen molar-refractivity contribution >= 4 is 33.1 Å². The summed E-state index contributed by atoms with van der Waals surface area (Å²) in [6.45, 7) is 0. The Bertz CT molecular complexity index is 1040. The average molecular weight is 361 g/mol. The molecule has 0 aliphatic rings. The molecule has 2 aromatic carbocycles. The van der Waals surface area contributed by atoms with E-state index in [0.717, 1.165) is 21.0 Å². The summed E-state index contributed by atoms with van der Waals surface area (Å²) < 4.78 is 6.20. The van der Waals surface area contributed by atoms with E-state index in [9.17, 15) is 4.79 Å². The first-order chi connectivity index (χ1) is 12.7. The predicted octanol–water partition coefficient (Wildman–Crippen LogP) is 4.62. The molecule has 4 rings (SSSR count). The maximum atomic E-state index is 12.8. The van der Waals surface area contributed by atoms with Crippen LogP contribution in [0.15, 0.2) is 66.9 Å². The summed E-state index contributed by atoms with van der Waals surface area (Å²) in [5.41, 5.74) is 2.66. The zero-order valence-electron chi connectivity index (χ0n) is 14.0. The van der Waals surface area contributed by atoms with E-state index >= 15 is 0 Å². The van der Waals surface area contributed by atoms with Crippen molar-refractivity contribution in [3.05, 3.63) is 72.4 Å². The highest BCUT2D eigenvalue weighted by Crippen LogP contribution is 2.31. The van der Waals surface area contributed by atoms with Crippen LogP contribution in [0, 0.1) is 0 Å². The fourth-order valence-corrected chi connectivity index (χ4v) is 3.58. The van der Waals surface area contributed by atoms with Crippen molar-refractivity contribution in [2.75, 3.05) is 12.4 Å². The highest BCUT2D eigenvalue weighted by molar-refractivity contribution is 7.21. The quantitative estimate of drug-likeness (QED) is 0.576. The van der Waals surface area contributed by atoms with Crippen molar-refractivity contribution in [3.8, 4) is 16.5 Å². The Balaban J connectivity index is 1.67. The number of aromatic nitrogens is 2. The lowest BCUT2D eigenvalue weighted by atomic mass is 10.1. The lowest BCUT2D eigenvalue weighted by Gasteiger charge is -2.08. The number of hydrogen-bond donors (Lipinski definition) is 1. The first kappa shape index (κ1) is 16.2. The Morgan fingerprint density at radius 1 is 1.04 bits per heavy atom. The second-order valence-corrected chi connectivity index (χ2v) is 6.60. The SMILES string of the molecule is COc1ccc(NC(=O)c2cccnc2-c2nc3ccccc3s2)cc1. The lowest BCUT2D eigenvalue weighted by molar-refractivity contribution is 0.102. The molecule has 0 aliphatic heterocycles. The minimum absolute atomic E-state index is 0.225. The van der Waals surface area contributed by atoms with Crippen molar-refractivity contribution in [3.63, 3.8) is 0 Å². The van der Waals surface area contributed by atoms with Crippen LogP contribution in [-0.4, -0.2) is 23.0 Å². The fraction of sp³-hybridized carbons (Fsp3) is 0.0500. The topological polar surface area (TPSA) is 64.1 Å². The fourth-order valence-electron chi connectivity index (χ4n) is 2.61. The maximum absolute atomic E-state index is 12.8. The number of carbonyl (C=O) groups excluding carboxylic acids is 1. The molecule has 5 nitrogen and oxygen atoms in total. The van der Waals surface area contributed by atoms with Gasteiger partial charge in [-0.25, -0.2) is 4.98 Å².